The van der Waals surface area contributed by atoms with E-state index < -0.39 is 6.09 Å². The molecule has 2 amide bonds. The first kappa shape index (κ1) is 28.9. The van der Waals surface area contributed by atoms with Gasteiger partial charge in [0.15, 0.2) is 5.88 Å². The summed E-state index contributed by atoms with van der Waals surface area (Å²) in [6.07, 6.45) is 4.37. The van der Waals surface area contributed by atoms with Crippen LogP contribution in [-0.2, 0) is 17.9 Å². The Morgan fingerprint density at radius 2 is 1.85 bits per heavy atom. The summed E-state index contributed by atoms with van der Waals surface area (Å²) in [4.78, 5) is 38.4. The molecule has 6 heterocycles. The molecular formula is C35H35ClN6O4. The van der Waals surface area contributed by atoms with Crippen LogP contribution in [0.2, 0.25) is 5.15 Å². The largest absolute Gasteiger partial charge is 0.482 e. The second-order valence-electron chi connectivity index (χ2n) is 12.7. The van der Waals surface area contributed by atoms with Crippen LogP contribution in [0.1, 0.15) is 53.7 Å². The maximum Gasteiger partial charge on any atom is 0.407 e. The van der Waals surface area contributed by atoms with Crippen LogP contribution in [0.5, 0.6) is 5.88 Å². The van der Waals surface area contributed by atoms with Gasteiger partial charge in [-0.3, -0.25) is 9.20 Å². The van der Waals surface area contributed by atoms with Crippen LogP contribution < -0.4 is 10.1 Å². The molecule has 2 aliphatic heterocycles. The van der Waals surface area contributed by atoms with Gasteiger partial charge in [0, 0.05) is 29.6 Å². The molecule has 10 nitrogen and oxygen atoms in total. The topological polar surface area (TPSA) is 103 Å². The van der Waals surface area contributed by atoms with Gasteiger partial charge in [0.25, 0.3) is 5.91 Å². The second kappa shape index (κ2) is 11.3. The van der Waals surface area contributed by atoms with Gasteiger partial charge in [0.2, 0.25) is 0 Å². The van der Waals surface area contributed by atoms with E-state index in [1.807, 2.05) is 64.8 Å². The second-order valence-corrected chi connectivity index (χ2v) is 13.1. The summed E-state index contributed by atoms with van der Waals surface area (Å²) in [6.45, 7) is 3.08. The summed E-state index contributed by atoms with van der Waals surface area (Å²) in [5.41, 5.74) is 5.62. The molecule has 1 saturated carbocycles. The fourth-order valence-electron chi connectivity index (χ4n) is 7.36. The lowest BCUT2D eigenvalue weighted by Crippen LogP contribution is -2.45. The highest BCUT2D eigenvalue weighted by Crippen LogP contribution is 2.40. The number of nitrogens with zero attached hydrogens (tertiary/aromatic N) is 5. The number of rotatable bonds is 8. The lowest BCUT2D eigenvalue weighted by molar-refractivity contribution is 0.0719. The number of carbonyl (C=O) groups is 2. The molecule has 1 N–H and O–H groups in total. The third-order valence-electron chi connectivity index (χ3n) is 9.75. The Hall–Kier alpha value is -4.57. The van der Waals surface area contributed by atoms with Crippen molar-refractivity contribution in [3.63, 3.8) is 0 Å². The van der Waals surface area contributed by atoms with E-state index in [9.17, 15) is 9.59 Å². The highest BCUT2D eigenvalue weighted by Gasteiger charge is 2.49. The Balaban J connectivity index is 1.08. The van der Waals surface area contributed by atoms with Gasteiger partial charge in [-0.25, -0.2) is 14.8 Å². The van der Waals surface area contributed by atoms with Crippen LogP contribution in [0.3, 0.4) is 0 Å². The molecule has 11 heteroatoms. The lowest BCUT2D eigenvalue weighted by Gasteiger charge is -2.25. The van der Waals surface area contributed by atoms with Crippen LogP contribution in [0.25, 0.3) is 28.1 Å². The van der Waals surface area contributed by atoms with E-state index in [2.05, 4.69) is 20.9 Å². The summed E-state index contributed by atoms with van der Waals surface area (Å²) in [6, 6.07) is 18.9. The zero-order valence-electron chi connectivity index (χ0n) is 25.8. The van der Waals surface area contributed by atoms with Gasteiger partial charge in [-0.05, 0) is 74.8 Å². The number of amides is 2. The molecule has 4 aromatic heterocycles. The minimum absolute atomic E-state index is 0.0497. The molecule has 0 spiro atoms. The van der Waals surface area contributed by atoms with Crippen molar-refractivity contribution < 1.29 is 19.1 Å². The minimum Gasteiger partial charge on any atom is -0.482 e. The average Bonchev–Trinajstić information content (AvgIpc) is 3.38. The summed E-state index contributed by atoms with van der Waals surface area (Å²) < 4.78 is 15.5. The van der Waals surface area contributed by atoms with E-state index in [0.29, 0.717) is 34.6 Å². The molecular weight excluding hydrogens is 604 g/mol. The predicted molar refractivity (Wildman–Crippen MR) is 174 cm³/mol. The van der Waals surface area contributed by atoms with Crippen molar-refractivity contribution >= 4 is 40.3 Å². The first-order chi connectivity index (χ1) is 22.4. The van der Waals surface area contributed by atoms with Gasteiger partial charge in [-0.2, -0.15) is 0 Å². The fraction of sp³-hybridized carbons (Fsp3) is 0.371. The van der Waals surface area contributed by atoms with Crippen LogP contribution in [0, 0.1) is 12.8 Å². The number of hydrogen-bond acceptors (Lipinski definition) is 6. The van der Waals surface area contributed by atoms with Crippen molar-refractivity contribution in [1.82, 2.24) is 29.2 Å². The number of pyridine rings is 2. The third kappa shape index (κ3) is 5.05. The van der Waals surface area contributed by atoms with Gasteiger partial charge in [0.05, 0.1) is 30.6 Å². The smallest absolute Gasteiger partial charge is 0.407 e. The number of carbonyl (C=O) groups excluding carboxylic acids is 2. The van der Waals surface area contributed by atoms with E-state index in [1.54, 1.807) is 13.2 Å². The number of aromatic nitrogens is 4. The number of aryl methyl sites for hydroxylation is 1. The summed E-state index contributed by atoms with van der Waals surface area (Å²) in [5.74, 6) is 1.07. The Bertz CT molecular complexity index is 1980. The zero-order valence-corrected chi connectivity index (χ0v) is 26.5. The van der Waals surface area contributed by atoms with Gasteiger partial charge in [-0.15, -0.1) is 0 Å². The summed E-state index contributed by atoms with van der Waals surface area (Å²) in [7, 11) is 1.61. The van der Waals surface area contributed by atoms with Crippen LogP contribution >= 0.6 is 11.6 Å². The minimum atomic E-state index is -0.464. The molecule has 2 bridgehead atoms. The highest BCUT2D eigenvalue weighted by molar-refractivity contribution is 6.29. The molecule has 1 aliphatic carbocycles. The monoisotopic (exact) mass is 638 g/mol. The molecule has 3 fully saturated rings. The maximum absolute atomic E-state index is 14.1. The van der Waals surface area contributed by atoms with E-state index in [1.165, 1.54) is 12.8 Å². The number of fused-ring (bicyclic) bond motifs is 4. The van der Waals surface area contributed by atoms with Crippen LogP contribution in [0.4, 0.5) is 4.79 Å². The molecule has 0 radical (unpaired) electrons. The maximum atomic E-state index is 14.1. The number of imidazole rings is 1. The Kier molecular flexibility index (Phi) is 7.12. The Morgan fingerprint density at radius 1 is 1.02 bits per heavy atom. The molecule has 46 heavy (non-hydrogen) atoms. The van der Waals surface area contributed by atoms with Crippen molar-refractivity contribution in [1.29, 1.82) is 0 Å². The van der Waals surface area contributed by atoms with E-state index in [4.69, 9.17) is 26.1 Å². The number of alkyl carbamates (subject to hydrolysis) is 1. The molecule has 3 aliphatic rings. The van der Waals surface area contributed by atoms with Crippen LogP contribution in [0.15, 0.2) is 60.7 Å². The van der Waals surface area contributed by atoms with Gasteiger partial charge in [-0.1, -0.05) is 41.9 Å². The van der Waals surface area contributed by atoms with Crippen molar-refractivity contribution in [2.24, 2.45) is 5.92 Å². The van der Waals surface area contributed by atoms with Crippen molar-refractivity contribution in [2.75, 3.05) is 7.11 Å². The van der Waals surface area contributed by atoms with E-state index in [0.717, 1.165) is 53.1 Å². The first-order valence-corrected chi connectivity index (χ1v) is 16.3. The standard InChI is InChI=1S/C35H35ClN6O4/c1-20-32(28-14-23-10-13-29(36)38-33(23)40(28)18-21-8-9-21)39-30-15-24(16-31(45-2)41(20)30)34(43)42-25-11-12-27(42)26(17-25)37-35(44)46-19-22-6-4-3-5-7-22/h3-7,10,13-16,21,25-27H,8-9,11-12,17-19H2,1-2H3,(H,37,44). The highest BCUT2D eigenvalue weighted by atomic mass is 35.5. The van der Waals surface area contributed by atoms with Gasteiger partial charge < -0.3 is 24.3 Å². The summed E-state index contributed by atoms with van der Waals surface area (Å²) in [5, 5.41) is 4.49. The third-order valence-corrected chi connectivity index (χ3v) is 9.96. The molecule has 2 saturated heterocycles. The van der Waals surface area contributed by atoms with Gasteiger partial charge in [0.1, 0.15) is 28.7 Å². The quantitative estimate of drug-likeness (QED) is 0.197. The van der Waals surface area contributed by atoms with Gasteiger partial charge >= 0.3 is 6.09 Å². The fourth-order valence-corrected chi connectivity index (χ4v) is 7.51. The number of halogens is 1. The van der Waals surface area contributed by atoms with Crippen molar-refractivity contribution in [3.8, 4) is 17.3 Å². The Labute approximate surface area is 271 Å². The normalized spacial score (nSPS) is 20.5. The molecule has 1 aromatic carbocycles. The van der Waals surface area contributed by atoms with Crippen LogP contribution in [-0.4, -0.2) is 61.1 Å². The van der Waals surface area contributed by atoms with E-state index in [-0.39, 0.29) is 30.6 Å². The number of nitrogens with one attached hydrogen (secondary N) is 1. The molecule has 236 valence electrons. The number of ether oxygens (including phenoxy) is 2. The lowest BCUT2D eigenvalue weighted by atomic mass is 9.96. The molecule has 8 rings (SSSR count). The number of methoxy groups -OCH3 is 1. The average molecular weight is 639 g/mol. The first-order valence-electron chi connectivity index (χ1n) is 15.9. The zero-order chi connectivity index (χ0) is 31.5. The molecule has 3 unspecified atom stereocenters. The predicted octanol–water partition coefficient (Wildman–Crippen LogP) is 6.40. The summed E-state index contributed by atoms with van der Waals surface area (Å²) >= 11 is 6.31. The van der Waals surface area contributed by atoms with Crippen molar-refractivity contribution in [3.05, 3.63) is 82.6 Å². The SMILES string of the molecule is COc1cc(C(=O)N2C3CCC2C(NC(=O)OCc2ccccc2)C3)cc2nc(-c3cc4ccc(Cl)nc4n3CC3CC3)c(C)n12. The van der Waals surface area contributed by atoms with Crippen molar-refractivity contribution in [2.45, 2.75) is 70.3 Å². The molecule has 3 atom stereocenters. The molecule has 5 aromatic rings. The van der Waals surface area contributed by atoms with E-state index >= 15 is 0 Å². The number of benzene rings is 1. The Morgan fingerprint density at radius 3 is 2.63 bits per heavy atom. The number of hydrogen-bond donors (Lipinski definition) is 1.